The first-order chi connectivity index (χ1) is 9.77. The fourth-order valence-corrected chi connectivity index (χ4v) is 2.14. The Labute approximate surface area is 127 Å². The highest BCUT2D eigenvalue weighted by atomic mass is 15.3. The predicted octanol–water partition coefficient (Wildman–Crippen LogP) is 3.62. The first-order valence-electron chi connectivity index (χ1n) is 7.33. The van der Waals surface area contributed by atoms with Crippen molar-refractivity contribution in [1.29, 1.82) is 0 Å². The summed E-state index contributed by atoms with van der Waals surface area (Å²) in [6.07, 6.45) is 4.04. The molecule has 0 spiro atoms. The summed E-state index contributed by atoms with van der Waals surface area (Å²) in [6, 6.07) is 6.47. The Morgan fingerprint density at radius 2 is 1.95 bits per heavy atom. The molecule has 0 aliphatic rings. The Bertz CT molecular complexity index is 605. The molecule has 0 atom stereocenters. The first-order valence-corrected chi connectivity index (χ1v) is 7.33. The van der Waals surface area contributed by atoms with Crippen LogP contribution >= 0.6 is 0 Å². The third-order valence-corrected chi connectivity index (χ3v) is 3.53. The van der Waals surface area contributed by atoms with Crippen molar-refractivity contribution in [2.75, 3.05) is 24.3 Å². The quantitative estimate of drug-likeness (QED) is 0.932. The van der Waals surface area contributed by atoms with Crippen molar-refractivity contribution < 1.29 is 0 Å². The average Bonchev–Trinajstić information content (AvgIpc) is 2.85. The highest BCUT2D eigenvalue weighted by Gasteiger charge is 2.13. The van der Waals surface area contributed by atoms with Gasteiger partial charge in [0.25, 0.3) is 0 Å². The number of hydrogen-bond acceptors (Lipinski definition) is 3. The number of rotatable bonds is 4. The van der Waals surface area contributed by atoms with Gasteiger partial charge in [0.15, 0.2) is 0 Å². The second kappa shape index (κ2) is 5.80. The van der Waals surface area contributed by atoms with Crippen LogP contribution < -0.4 is 10.2 Å². The number of nitrogens with zero attached hydrogens (tertiary/aromatic N) is 3. The number of hydrogen-bond donors (Lipinski definition) is 1. The van der Waals surface area contributed by atoms with E-state index in [-0.39, 0.29) is 5.54 Å². The third kappa shape index (κ3) is 3.78. The molecule has 0 amide bonds. The maximum Gasteiger partial charge on any atom is 0.0543 e. The van der Waals surface area contributed by atoms with Gasteiger partial charge < -0.3 is 10.2 Å². The molecule has 21 heavy (non-hydrogen) atoms. The van der Waals surface area contributed by atoms with Crippen LogP contribution in [0.4, 0.5) is 11.4 Å². The molecule has 0 bridgehead atoms. The number of aryl methyl sites for hydroxylation is 1. The largest absolute Gasteiger partial charge is 0.381 e. The maximum absolute atomic E-state index is 4.43. The van der Waals surface area contributed by atoms with Gasteiger partial charge in [0.2, 0.25) is 0 Å². The monoisotopic (exact) mass is 286 g/mol. The lowest BCUT2D eigenvalue weighted by Gasteiger charge is -2.18. The van der Waals surface area contributed by atoms with Crippen molar-refractivity contribution in [3.05, 3.63) is 41.7 Å². The van der Waals surface area contributed by atoms with E-state index in [2.05, 4.69) is 81.5 Å². The van der Waals surface area contributed by atoms with Crippen LogP contribution in [0.25, 0.3) is 0 Å². The van der Waals surface area contributed by atoms with E-state index in [0.717, 1.165) is 6.54 Å². The number of aromatic nitrogens is 2. The molecule has 0 unspecified atom stereocenters. The molecule has 0 aliphatic heterocycles. The summed E-state index contributed by atoms with van der Waals surface area (Å²) in [4.78, 5) is 2.12. The van der Waals surface area contributed by atoms with Gasteiger partial charge in [-0.3, -0.25) is 4.68 Å². The van der Waals surface area contributed by atoms with Crippen LogP contribution in [-0.4, -0.2) is 23.9 Å². The summed E-state index contributed by atoms with van der Waals surface area (Å²) in [5.74, 6) is 0. The zero-order valence-corrected chi connectivity index (χ0v) is 13.9. The van der Waals surface area contributed by atoms with E-state index in [9.17, 15) is 0 Å². The summed E-state index contributed by atoms with van der Waals surface area (Å²) in [7, 11) is 4.12. The van der Waals surface area contributed by atoms with Crippen LogP contribution in [-0.2, 0) is 12.1 Å². The van der Waals surface area contributed by atoms with E-state index in [1.165, 1.54) is 22.5 Å². The van der Waals surface area contributed by atoms with Gasteiger partial charge in [0.1, 0.15) is 0 Å². The fourth-order valence-electron chi connectivity index (χ4n) is 2.14. The maximum atomic E-state index is 4.43. The summed E-state index contributed by atoms with van der Waals surface area (Å²) < 4.78 is 2.01. The van der Waals surface area contributed by atoms with Gasteiger partial charge in [-0.15, -0.1) is 0 Å². The SMILES string of the molecule is Cc1cc(N(C)C)ccc1NCc1cnn(C(C)(C)C)c1. The molecule has 2 aromatic rings. The van der Waals surface area contributed by atoms with Gasteiger partial charge in [-0.25, -0.2) is 0 Å². The highest BCUT2D eigenvalue weighted by Crippen LogP contribution is 2.22. The lowest BCUT2D eigenvalue weighted by atomic mass is 10.1. The number of benzene rings is 1. The summed E-state index contributed by atoms with van der Waals surface area (Å²) >= 11 is 0. The van der Waals surface area contributed by atoms with Gasteiger partial charge in [-0.2, -0.15) is 5.10 Å². The molecule has 4 heteroatoms. The van der Waals surface area contributed by atoms with Gasteiger partial charge in [-0.1, -0.05) is 0 Å². The zero-order chi connectivity index (χ0) is 15.6. The van der Waals surface area contributed by atoms with Crippen molar-refractivity contribution in [1.82, 2.24) is 9.78 Å². The van der Waals surface area contributed by atoms with Gasteiger partial charge in [0, 0.05) is 43.8 Å². The van der Waals surface area contributed by atoms with Crippen molar-refractivity contribution in [3.8, 4) is 0 Å². The van der Waals surface area contributed by atoms with E-state index in [1.807, 2.05) is 10.9 Å². The normalized spacial score (nSPS) is 11.5. The molecule has 1 aromatic heterocycles. The third-order valence-electron chi connectivity index (χ3n) is 3.53. The van der Waals surface area contributed by atoms with Crippen LogP contribution in [0.5, 0.6) is 0 Å². The smallest absolute Gasteiger partial charge is 0.0543 e. The van der Waals surface area contributed by atoms with Crippen molar-refractivity contribution in [2.45, 2.75) is 39.8 Å². The van der Waals surface area contributed by atoms with Crippen LogP contribution in [0.2, 0.25) is 0 Å². The molecule has 0 fully saturated rings. The highest BCUT2D eigenvalue weighted by molar-refractivity contribution is 5.59. The molecule has 114 valence electrons. The molecule has 1 aromatic carbocycles. The Hall–Kier alpha value is -1.97. The second-order valence-corrected chi connectivity index (χ2v) is 6.71. The fraction of sp³-hybridized carbons (Fsp3) is 0.471. The average molecular weight is 286 g/mol. The summed E-state index contributed by atoms with van der Waals surface area (Å²) in [6.45, 7) is 9.39. The molecule has 2 rings (SSSR count). The molecule has 0 radical (unpaired) electrons. The molecule has 0 saturated heterocycles. The molecule has 0 aliphatic carbocycles. The minimum atomic E-state index is 0.0293. The Morgan fingerprint density at radius 1 is 1.24 bits per heavy atom. The lowest BCUT2D eigenvalue weighted by Crippen LogP contribution is -2.21. The number of anilines is 2. The number of nitrogens with one attached hydrogen (secondary N) is 1. The Morgan fingerprint density at radius 3 is 2.48 bits per heavy atom. The minimum absolute atomic E-state index is 0.0293. The molecular weight excluding hydrogens is 260 g/mol. The standard InChI is InChI=1S/C17H26N4/c1-13-9-15(20(5)6)7-8-16(13)18-10-14-11-19-21(12-14)17(2,3)4/h7-9,11-12,18H,10H2,1-6H3. The topological polar surface area (TPSA) is 33.1 Å². The molecule has 4 nitrogen and oxygen atoms in total. The molecule has 1 N–H and O–H groups in total. The summed E-state index contributed by atoms with van der Waals surface area (Å²) in [5, 5.41) is 7.92. The Kier molecular flexibility index (Phi) is 4.26. The van der Waals surface area contributed by atoms with Crippen LogP contribution in [0.15, 0.2) is 30.6 Å². The van der Waals surface area contributed by atoms with Crippen LogP contribution in [0.3, 0.4) is 0 Å². The van der Waals surface area contributed by atoms with E-state index in [1.54, 1.807) is 0 Å². The lowest BCUT2D eigenvalue weighted by molar-refractivity contribution is 0.355. The molecular formula is C17H26N4. The zero-order valence-electron chi connectivity index (χ0n) is 13.9. The molecule has 1 heterocycles. The second-order valence-electron chi connectivity index (χ2n) is 6.71. The van der Waals surface area contributed by atoms with E-state index in [4.69, 9.17) is 0 Å². The summed E-state index contributed by atoms with van der Waals surface area (Å²) in [5.41, 5.74) is 4.87. The first kappa shape index (κ1) is 15.4. The van der Waals surface area contributed by atoms with E-state index >= 15 is 0 Å². The molecule has 0 saturated carbocycles. The van der Waals surface area contributed by atoms with Crippen molar-refractivity contribution >= 4 is 11.4 Å². The predicted molar refractivity (Wildman–Crippen MR) is 90.1 cm³/mol. The van der Waals surface area contributed by atoms with E-state index < -0.39 is 0 Å². The van der Waals surface area contributed by atoms with Crippen molar-refractivity contribution in [3.63, 3.8) is 0 Å². The van der Waals surface area contributed by atoms with Gasteiger partial charge in [0.05, 0.1) is 11.7 Å². The van der Waals surface area contributed by atoms with Crippen LogP contribution in [0, 0.1) is 6.92 Å². The minimum Gasteiger partial charge on any atom is -0.381 e. The van der Waals surface area contributed by atoms with Crippen molar-refractivity contribution in [2.24, 2.45) is 0 Å². The van der Waals surface area contributed by atoms with Crippen LogP contribution in [0.1, 0.15) is 31.9 Å². The van der Waals surface area contributed by atoms with Gasteiger partial charge >= 0.3 is 0 Å². The Balaban J connectivity index is 2.05. The van der Waals surface area contributed by atoms with Gasteiger partial charge in [-0.05, 0) is 51.5 Å². The van der Waals surface area contributed by atoms with E-state index in [0.29, 0.717) is 0 Å².